The third kappa shape index (κ3) is 4.54. The van der Waals surface area contributed by atoms with E-state index in [4.69, 9.17) is 5.11 Å². The molecule has 6 aliphatic rings. The van der Waals surface area contributed by atoms with E-state index in [2.05, 4.69) is 98.2 Å². The summed E-state index contributed by atoms with van der Waals surface area (Å²) in [6.07, 6.45) is 16.8. The molecule has 2 aromatic heterocycles. The number of halogens is 1. The van der Waals surface area contributed by atoms with E-state index in [0.717, 1.165) is 23.7 Å². The van der Waals surface area contributed by atoms with Gasteiger partial charge in [-0.3, -0.25) is 4.79 Å². The SMILES string of the molecule is Brc1cncnc1.Cc1ccc(C23CC(C(=O)O)(C2)C3)cc1.Cc1ccc(C23CC(c4cncnc4)(C2)C3)cc1. The molecule has 4 bridgehead atoms. The van der Waals surface area contributed by atoms with Crippen molar-refractivity contribution in [3.05, 3.63) is 118 Å². The zero-order valence-corrected chi connectivity index (χ0v) is 24.4. The molecule has 0 unspecified atom stereocenters. The van der Waals surface area contributed by atoms with Crippen LogP contribution in [0.3, 0.4) is 0 Å². The first-order valence-corrected chi connectivity index (χ1v) is 14.5. The van der Waals surface area contributed by atoms with Crippen LogP contribution < -0.4 is 0 Å². The molecule has 0 aliphatic heterocycles. The first-order chi connectivity index (χ1) is 19.2. The second kappa shape index (κ2) is 9.88. The Morgan fingerprint density at radius 2 is 1.00 bits per heavy atom. The Morgan fingerprint density at radius 1 is 0.625 bits per heavy atom. The van der Waals surface area contributed by atoms with Gasteiger partial charge in [0.2, 0.25) is 0 Å². The van der Waals surface area contributed by atoms with Gasteiger partial charge in [0.15, 0.2) is 0 Å². The Labute approximate surface area is 243 Å². The predicted octanol–water partition coefficient (Wildman–Crippen LogP) is 6.90. The maximum atomic E-state index is 11.0. The lowest BCUT2D eigenvalue weighted by Crippen LogP contribution is -2.67. The number of carboxylic acids is 1. The first kappa shape index (κ1) is 26.8. The number of aryl methyl sites for hydroxylation is 2. The van der Waals surface area contributed by atoms with E-state index in [1.807, 2.05) is 12.4 Å². The van der Waals surface area contributed by atoms with E-state index in [9.17, 15) is 4.79 Å². The smallest absolute Gasteiger partial charge is 0.309 e. The Kier molecular flexibility index (Phi) is 6.61. The summed E-state index contributed by atoms with van der Waals surface area (Å²) in [5, 5.41) is 9.04. The minimum Gasteiger partial charge on any atom is -0.481 e. The van der Waals surface area contributed by atoms with Crippen molar-refractivity contribution < 1.29 is 9.90 Å². The third-order valence-electron chi connectivity index (χ3n) is 9.54. The fraction of sp³-hybridized carbons (Fsp3) is 0.364. The summed E-state index contributed by atoms with van der Waals surface area (Å²) in [6, 6.07) is 17.6. The number of aromatic nitrogens is 4. The van der Waals surface area contributed by atoms with Gasteiger partial charge in [-0.05, 0) is 95.8 Å². The highest BCUT2D eigenvalue weighted by Crippen LogP contribution is 2.74. The van der Waals surface area contributed by atoms with Crippen LogP contribution in [0.15, 0.2) is 90.4 Å². The van der Waals surface area contributed by atoms with E-state index in [-0.39, 0.29) is 10.8 Å². The van der Waals surface area contributed by atoms with E-state index >= 15 is 0 Å². The monoisotopic (exact) mass is 596 g/mol. The molecular formula is C33H33BrN4O2. The van der Waals surface area contributed by atoms with Crippen LogP contribution in [-0.2, 0) is 21.0 Å². The second-order valence-corrected chi connectivity index (χ2v) is 13.3. The van der Waals surface area contributed by atoms with E-state index in [1.54, 1.807) is 18.7 Å². The zero-order chi connectivity index (χ0) is 28.0. The largest absolute Gasteiger partial charge is 0.481 e. The molecule has 0 amide bonds. The molecule has 2 heterocycles. The standard InChI is InChI=1S/C16H16N2.C13H14O2.C4H3BrN2/c1-12-2-4-13(5-3-12)15-8-16(9-15,10-15)14-6-17-11-18-7-14;1-9-2-4-10(5-3-9)12-6-13(7-12,8-12)11(14)15;5-4-1-6-3-7-2-4/h2-7,11H,8-10H2,1H3;2-5H,6-8H2,1H3,(H,14,15);1-3H. The summed E-state index contributed by atoms with van der Waals surface area (Å²) in [5.74, 6) is -0.600. The van der Waals surface area contributed by atoms with Crippen LogP contribution in [0.2, 0.25) is 0 Å². The van der Waals surface area contributed by atoms with Gasteiger partial charge < -0.3 is 5.11 Å². The van der Waals surface area contributed by atoms with Crippen LogP contribution in [-0.4, -0.2) is 31.0 Å². The molecule has 204 valence electrons. The molecule has 0 radical (unpaired) electrons. The highest BCUT2D eigenvalue weighted by Gasteiger charge is 2.72. The molecule has 0 saturated heterocycles. The van der Waals surface area contributed by atoms with Gasteiger partial charge in [-0.15, -0.1) is 0 Å². The number of carbonyl (C=O) groups is 1. The molecule has 4 aromatic rings. The summed E-state index contributed by atoms with van der Waals surface area (Å²) in [7, 11) is 0. The number of carboxylic acid groups (broad SMARTS) is 1. The van der Waals surface area contributed by atoms with E-state index in [1.165, 1.54) is 53.4 Å². The quantitative estimate of drug-likeness (QED) is 0.275. The minimum atomic E-state index is -0.600. The summed E-state index contributed by atoms with van der Waals surface area (Å²) in [4.78, 5) is 26.7. The maximum absolute atomic E-state index is 11.0. The average Bonchev–Trinajstić information content (AvgIpc) is 2.85. The van der Waals surface area contributed by atoms with Crippen LogP contribution in [0.25, 0.3) is 0 Å². The van der Waals surface area contributed by atoms with Gasteiger partial charge >= 0.3 is 5.97 Å². The Balaban J connectivity index is 0.000000119. The van der Waals surface area contributed by atoms with Crippen molar-refractivity contribution >= 4 is 21.9 Å². The fourth-order valence-corrected chi connectivity index (χ4v) is 7.63. The van der Waals surface area contributed by atoms with Gasteiger partial charge in [-0.2, -0.15) is 0 Å². The van der Waals surface area contributed by atoms with E-state index in [0.29, 0.717) is 10.8 Å². The highest BCUT2D eigenvalue weighted by atomic mass is 79.9. The first-order valence-electron chi connectivity index (χ1n) is 13.7. The predicted molar refractivity (Wildman–Crippen MR) is 157 cm³/mol. The van der Waals surface area contributed by atoms with E-state index < -0.39 is 5.97 Å². The Hall–Kier alpha value is -3.45. The summed E-state index contributed by atoms with van der Waals surface area (Å²) in [5.41, 5.74) is 7.50. The van der Waals surface area contributed by atoms with Crippen molar-refractivity contribution in [3.63, 3.8) is 0 Å². The maximum Gasteiger partial charge on any atom is 0.309 e. The van der Waals surface area contributed by atoms with Crippen LogP contribution in [0, 0.1) is 19.3 Å². The zero-order valence-electron chi connectivity index (χ0n) is 22.8. The van der Waals surface area contributed by atoms with Gasteiger partial charge in [0, 0.05) is 30.2 Å². The molecular weight excluding hydrogens is 564 g/mol. The third-order valence-corrected chi connectivity index (χ3v) is 9.95. The fourth-order valence-electron chi connectivity index (χ4n) is 7.39. The van der Waals surface area contributed by atoms with Crippen molar-refractivity contribution in [2.24, 2.45) is 5.41 Å². The van der Waals surface area contributed by atoms with Crippen molar-refractivity contribution in [2.45, 2.75) is 68.6 Å². The molecule has 7 heteroatoms. The molecule has 6 nitrogen and oxygen atoms in total. The van der Waals surface area contributed by atoms with Crippen LogP contribution in [0.5, 0.6) is 0 Å². The molecule has 10 rings (SSSR count). The molecule has 6 aliphatic carbocycles. The molecule has 40 heavy (non-hydrogen) atoms. The topological polar surface area (TPSA) is 88.9 Å². The molecule has 0 spiro atoms. The summed E-state index contributed by atoms with van der Waals surface area (Å²) in [6.45, 7) is 4.22. The van der Waals surface area contributed by atoms with Gasteiger partial charge in [0.1, 0.15) is 12.7 Å². The molecule has 2 aromatic carbocycles. The normalized spacial score (nSPS) is 29.9. The average molecular weight is 598 g/mol. The van der Waals surface area contributed by atoms with Gasteiger partial charge in [-0.25, -0.2) is 19.9 Å². The molecule has 1 N–H and O–H groups in total. The van der Waals surface area contributed by atoms with Crippen molar-refractivity contribution in [2.75, 3.05) is 0 Å². The number of hydrogen-bond acceptors (Lipinski definition) is 5. The Bertz CT molecular complexity index is 1470. The lowest BCUT2D eigenvalue weighted by atomic mass is 9.32. The molecule has 0 atom stereocenters. The molecule has 6 saturated carbocycles. The number of aliphatic carboxylic acids is 1. The van der Waals surface area contributed by atoms with Crippen molar-refractivity contribution in [3.8, 4) is 0 Å². The lowest BCUT2D eigenvalue weighted by molar-refractivity contribution is -0.194. The highest BCUT2D eigenvalue weighted by molar-refractivity contribution is 9.10. The number of hydrogen-bond donors (Lipinski definition) is 1. The summed E-state index contributed by atoms with van der Waals surface area (Å²) < 4.78 is 0.912. The summed E-state index contributed by atoms with van der Waals surface area (Å²) >= 11 is 3.19. The van der Waals surface area contributed by atoms with Gasteiger partial charge in [0.05, 0.1) is 9.89 Å². The number of benzene rings is 2. The van der Waals surface area contributed by atoms with Gasteiger partial charge in [-0.1, -0.05) is 59.7 Å². The lowest BCUT2D eigenvalue weighted by Gasteiger charge is -2.71. The number of nitrogens with zero attached hydrogens (tertiary/aromatic N) is 4. The van der Waals surface area contributed by atoms with Crippen molar-refractivity contribution in [1.82, 2.24) is 19.9 Å². The number of rotatable bonds is 4. The Morgan fingerprint density at radius 3 is 1.38 bits per heavy atom. The second-order valence-electron chi connectivity index (χ2n) is 12.4. The van der Waals surface area contributed by atoms with Gasteiger partial charge in [0.25, 0.3) is 0 Å². The van der Waals surface area contributed by atoms with Crippen LogP contribution >= 0.6 is 15.9 Å². The van der Waals surface area contributed by atoms with Crippen molar-refractivity contribution in [1.29, 1.82) is 0 Å². The van der Waals surface area contributed by atoms with Crippen LogP contribution in [0.1, 0.15) is 66.3 Å². The minimum absolute atomic E-state index is 0.214. The van der Waals surface area contributed by atoms with Crippen LogP contribution in [0.4, 0.5) is 0 Å². The molecule has 6 fully saturated rings.